The normalized spacial score (nSPS) is 33.7. The third kappa shape index (κ3) is 1.80. The molecule has 1 fully saturated rings. The van der Waals surface area contributed by atoms with Crippen LogP contribution in [-0.4, -0.2) is 22.1 Å². The van der Waals surface area contributed by atoms with Gasteiger partial charge in [0.05, 0.1) is 0 Å². The summed E-state index contributed by atoms with van der Waals surface area (Å²) in [6, 6.07) is 0. The fourth-order valence-electron chi connectivity index (χ4n) is 1.72. The Morgan fingerprint density at radius 3 is 2.12 bits per heavy atom. The minimum Gasteiger partial charge on any atom is -0.480 e. The molecule has 0 aliphatic heterocycles. The number of alkyl halides is 4. The molecule has 0 amide bonds. The molecule has 0 aromatic heterocycles. The van der Waals surface area contributed by atoms with E-state index in [4.69, 9.17) is 28.3 Å². The van der Waals surface area contributed by atoms with Crippen molar-refractivity contribution in [3.05, 3.63) is 11.1 Å². The molecule has 0 aromatic rings. The first-order valence-electron chi connectivity index (χ1n) is 4.32. The fraction of sp³-hybridized carbons (Fsp3) is 0.667. The van der Waals surface area contributed by atoms with Gasteiger partial charge < -0.3 is 5.11 Å². The van der Waals surface area contributed by atoms with Gasteiger partial charge in [-0.05, 0) is 0 Å². The van der Waals surface area contributed by atoms with Crippen LogP contribution in [0.2, 0.25) is 0 Å². The standard InChI is InChI=1S/C9H9Cl2F3O2/c1-7(2)4(8(7,11)6(15)16)3-5(10)9(12,13)14/h3-4H,1-2H3,(H,15,16). The van der Waals surface area contributed by atoms with Gasteiger partial charge in [-0.3, -0.25) is 4.79 Å². The second kappa shape index (κ2) is 3.53. The Morgan fingerprint density at radius 2 is 1.88 bits per heavy atom. The lowest BCUT2D eigenvalue weighted by Crippen LogP contribution is -2.21. The maximum absolute atomic E-state index is 12.2. The van der Waals surface area contributed by atoms with Gasteiger partial charge in [-0.25, -0.2) is 0 Å². The monoisotopic (exact) mass is 276 g/mol. The van der Waals surface area contributed by atoms with Gasteiger partial charge in [0.25, 0.3) is 0 Å². The summed E-state index contributed by atoms with van der Waals surface area (Å²) in [7, 11) is 0. The van der Waals surface area contributed by atoms with Gasteiger partial charge in [0, 0.05) is 11.3 Å². The lowest BCUT2D eigenvalue weighted by molar-refractivity contribution is -0.138. The van der Waals surface area contributed by atoms with E-state index in [1.165, 1.54) is 13.8 Å². The average Bonchev–Trinajstić information content (AvgIpc) is 2.49. The van der Waals surface area contributed by atoms with Crippen molar-refractivity contribution in [1.82, 2.24) is 0 Å². The summed E-state index contributed by atoms with van der Waals surface area (Å²) in [5, 5.41) is 7.51. The number of aliphatic carboxylic acids is 1. The van der Waals surface area contributed by atoms with Gasteiger partial charge in [0.1, 0.15) is 5.03 Å². The second-order valence-corrected chi connectivity index (χ2v) is 5.23. The largest absolute Gasteiger partial charge is 0.480 e. The van der Waals surface area contributed by atoms with Crippen LogP contribution in [0.1, 0.15) is 13.8 Å². The summed E-state index contributed by atoms with van der Waals surface area (Å²) in [5.74, 6) is -2.28. The molecule has 1 N–H and O–H groups in total. The van der Waals surface area contributed by atoms with Crippen LogP contribution in [0.25, 0.3) is 0 Å². The Bertz CT molecular complexity index is 362. The molecule has 0 spiro atoms. The summed E-state index contributed by atoms with van der Waals surface area (Å²) in [6.45, 7) is 2.96. The molecule has 0 radical (unpaired) electrons. The summed E-state index contributed by atoms with van der Waals surface area (Å²) in [6.07, 6.45) is -4.00. The minimum absolute atomic E-state index is 0.669. The van der Waals surface area contributed by atoms with Crippen LogP contribution in [0.3, 0.4) is 0 Å². The van der Waals surface area contributed by atoms with Crippen molar-refractivity contribution in [3.8, 4) is 0 Å². The minimum atomic E-state index is -4.67. The first-order valence-corrected chi connectivity index (χ1v) is 5.08. The lowest BCUT2D eigenvalue weighted by Gasteiger charge is -2.04. The first kappa shape index (κ1) is 13.6. The number of hydrogen-bond donors (Lipinski definition) is 1. The predicted octanol–water partition coefficient (Wildman–Crippen LogP) is 3.39. The Kier molecular flexibility index (Phi) is 3.01. The van der Waals surface area contributed by atoms with Gasteiger partial charge in [0.2, 0.25) is 0 Å². The summed E-state index contributed by atoms with van der Waals surface area (Å²) in [4.78, 5) is 9.15. The lowest BCUT2D eigenvalue weighted by atomic mass is 10.1. The Hall–Kier alpha value is -0.420. The smallest absolute Gasteiger partial charge is 0.426 e. The second-order valence-electron chi connectivity index (χ2n) is 4.23. The summed E-state index contributed by atoms with van der Waals surface area (Å²) in [5.41, 5.74) is -0.953. The molecule has 0 bridgehead atoms. The number of carbonyl (C=O) groups is 1. The Morgan fingerprint density at radius 1 is 1.44 bits per heavy atom. The molecular formula is C9H9Cl2F3O2. The molecule has 2 nitrogen and oxygen atoms in total. The average molecular weight is 277 g/mol. The van der Waals surface area contributed by atoms with Crippen molar-refractivity contribution >= 4 is 29.2 Å². The zero-order valence-electron chi connectivity index (χ0n) is 8.40. The zero-order chi connectivity index (χ0) is 12.9. The van der Waals surface area contributed by atoms with E-state index in [0.717, 1.165) is 0 Å². The number of carboxylic acid groups (broad SMARTS) is 1. The van der Waals surface area contributed by atoms with E-state index in [1.807, 2.05) is 0 Å². The molecule has 2 unspecified atom stereocenters. The molecular weight excluding hydrogens is 268 g/mol. The molecule has 1 aliphatic carbocycles. The van der Waals surface area contributed by atoms with E-state index in [9.17, 15) is 18.0 Å². The van der Waals surface area contributed by atoms with Crippen LogP contribution < -0.4 is 0 Å². The predicted molar refractivity (Wildman–Crippen MR) is 53.5 cm³/mol. The first-order chi connectivity index (χ1) is 6.95. The van der Waals surface area contributed by atoms with Gasteiger partial charge in [-0.1, -0.05) is 31.5 Å². The maximum atomic E-state index is 12.2. The van der Waals surface area contributed by atoms with Crippen molar-refractivity contribution in [1.29, 1.82) is 0 Å². The molecule has 1 aliphatic rings. The highest BCUT2D eigenvalue weighted by atomic mass is 35.5. The number of halogens is 5. The molecule has 0 saturated heterocycles. The topological polar surface area (TPSA) is 37.3 Å². The van der Waals surface area contributed by atoms with Gasteiger partial charge in [0.15, 0.2) is 4.87 Å². The fourth-order valence-corrected chi connectivity index (χ4v) is 2.25. The van der Waals surface area contributed by atoms with Crippen LogP contribution in [0.5, 0.6) is 0 Å². The van der Waals surface area contributed by atoms with Gasteiger partial charge >= 0.3 is 12.1 Å². The summed E-state index contributed by atoms with van der Waals surface area (Å²) >= 11 is 10.8. The van der Waals surface area contributed by atoms with E-state index in [0.29, 0.717) is 6.08 Å². The molecule has 16 heavy (non-hydrogen) atoms. The Balaban J connectivity index is 3.00. The van der Waals surface area contributed by atoms with Crippen molar-refractivity contribution in [2.45, 2.75) is 24.9 Å². The zero-order valence-corrected chi connectivity index (χ0v) is 9.91. The molecule has 7 heteroatoms. The highest BCUT2D eigenvalue weighted by Crippen LogP contribution is 2.67. The third-order valence-electron chi connectivity index (χ3n) is 2.96. The molecule has 92 valence electrons. The van der Waals surface area contributed by atoms with Crippen LogP contribution in [0, 0.1) is 11.3 Å². The van der Waals surface area contributed by atoms with E-state index < -0.39 is 33.4 Å². The van der Waals surface area contributed by atoms with Crippen molar-refractivity contribution in [2.24, 2.45) is 11.3 Å². The van der Waals surface area contributed by atoms with Crippen LogP contribution in [-0.2, 0) is 4.79 Å². The number of hydrogen-bond acceptors (Lipinski definition) is 1. The van der Waals surface area contributed by atoms with E-state index in [2.05, 4.69) is 0 Å². The highest BCUT2D eigenvalue weighted by molar-refractivity contribution is 6.38. The van der Waals surface area contributed by atoms with Crippen molar-refractivity contribution < 1.29 is 23.1 Å². The van der Waals surface area contributed by atoms with Gasteiger partial charge in [-0.15, -0.1) is 11.6 Å². The third-order valence-corrected chi connectivity index (χ3v) is 4.18. The van der Waals surface area contributed by atoms with Crippen LogP contribution >= 0.6 is 23.2 Å². The van der Waals surface area contributed by atoms with Crippen molar-refractivity contribution in [3.63, 3.8) is 0 Å². The molecule has 2 atom stereocenters. The Labute approximate surface area is 100 Å². The molecule has 1 rings (SSSR count). The van der Waals surface area contributed by atoms with E-state index in [-0.39, 0.29) is 0 Å². The van der Waals surface area contributed by atoms with E-state index in [1.54, 1.807) is 0 Å². The quantitative estimate of drug-likeness (QED) is 0.785. The SMILES string of the molecule is CC1(C)C(C=C(Cl)C(F)(F)F)C1(Cl)C(=O)O. The number of rotatable bonds is 2. The van der Waals surface area contributed by atoms with Crippen LogP contribution in [0.4, 0.5) is 13.2 Å². The maximum Gasteiger partial charge on any atom is 0.426 e. The van der Waals surface area contributed by atoms with Crippen LogP contribution in [0.15, 0.2) is 11.1 Å². The van der Waals surface area contributed by atoms with Crippen molar-refractivity contribution in [2.75, 3.05) is 0 Å². The van der Waals surface area contributed by atoms with E-state index >= 15 is 0 Å². The highest BCUT2D eigenvalue weighted by Gasteiger charge is 2.75. The molecule has 0 aromatic carbocycles. The number of carboxylic acids is 1. The number of allylic oxidation sites excluding steroid dienone is 2. The summed E-state index contributed by atoms with van der Waals surface area (Å²) < 4.78 is 36.5. The molecule has 1 saturated carbocycles. The van der Waals surface area contributed by atoms with Gasteiger partial charge in [-0.2, -0.15) is 13.2 Å². The molecule has 0 heterocycles.